The molecule has 5 nitrogen and oxygen atoms in total. The molecule has 5 heteroatoms. The lowest BCUT2D eigenvalue weighted by Gasteiger charge is -2.13. The van der Waals surface area contributed by atoms with E-state index >= 15 is 0 Å². The lowest BCUT2D eigenvalue weighted by Crippen LogP contribution is -2.37. The molecule has 0 fully saturated rings. The Bertz CT molecular complexity index is 733. The van der Waals surface area contributed by atoms with Crippen LogP contribution in [0.4, 0.5) is 5.95 Å². The average molecular weight is 294 g/mol. The highest BCUT2D eigenvalue weighted by Crippen LogP contribution is 2.13. The van der Waals surface area contributed by atoms with E-state index in [1.54, 1.807) is 0 Å². The Morgan fingerprint density at radius 1 is 1.14 bits per heavy atom. The topological polar surface area (TPSA) is 69.8 Å². The van der Waals surface area contributed by atoms with E-state index in [4.69, 9.17) is 0 Å². The van der Waals surface area contributed by atoms with Crippen LogP contribution in [0, 0.1) is 0 Å². The van der Waals surface area contributed by atoms with Crippen LogP contribution in [-0.2, 0) is 11.3 Å². The number of aromatic nitrogens is 2. The molecule has 0 radical (unpaired) electrons. The van der Waals surface area contributed by atoms with E-state index in [1.807, 2.05) is 61.5 Å². The van der Waals surface area contributed by atoms with Crippen LogP contribution in [-0.4, -0.2) is 21.9 Å². The molecule has 0 bridgehead atoms. The van der Waals surface area contributed by atoms with Crippen molar-refractivity contribution < 1.29 is 4.79 Å². The van der Waals surface area contributed by atoms with E-state index < -0.39 is 0 Å². The third-order valence-electron chi connectivity index (χ3n) is 3.45. The number of carbonyl (C=O) groups excluding carboxylic acids is 1. The van der Waals surface area contributed by atoms with Gasteiger partial charge in [-0.05, 0) is 24.6 Å². The van der Waals surface area contributed by atoms with Crippen LogP contribution >= 0.6 is 0 Å². The van der Waals surface area contributed by atoms with E-state index in [0.717, 1.165) is 16.6 Å². The molecule has 1 unspecified atom stereocenters. The number of hydrogen-bond donors (Lipinski definition) is 3. The van der Waals surface area contributed by atoms with Crippen molar-refractivity contribution in [3.05, 3.63) is 60.2 Å². The molecule has 0 aliphatic rings. The van der Waals surface area contributed by atoms with Crippen LogP contribution in [0.1, 0.15) is 12.5 Å². The monoisotopic (exact) mass is 294 g/mol. The molecule has 3 aromatic rings. The molecule has 0 saturated heterocycles. The molecule has 112 valence electrons. The van der Waals surface area contributed by atoms with Gasteiger partial charge in [-0.3, -0.25) is 4.79 Å². The second kappa shape index (κ2) is 6.30. The fourth-order valence-corrected chi connectivity index (χ4v) is 2.23. The first-order chi connectivity index (χ1) is 10.7. The van der Waals surface area contributed by atoms with Crippen molar-refractivity contribution >= 4 is 22.9 Å². The molecule has 1 heterocycles. The number of rotatable bonds is 5. The standard InChI is InChI=1S/C17H18N4O/c1-12(16(22)18-11-13-7-3-2-4-8-13)19-17-20-14-9-5-6-10-15(14)21-17/h2-10,12H,11H2,1H3,(H,18,22)(H2,19,20,21). The van der Waals surface area contributed by atoms with Gasteiger partial charge >= 0.3 is 0 Å². The van der Waals surface area contributed by atoms with Gasteiger partial charge < -0.3 is 15.6 Å². The third kappa shape index (κ3) is 3.25. The van der Waals surface area contributed by atoms with Crippen molar-refractivity contribution in [2.75, 3.05) is 5.32 Å². The van der Waals surface area contributed by atoms with Gasteiger partial charge in [-0.2, -0.15) is 0 Å². The first-order valence-electron chi connectivity index (χ1n) is 7.25. The van der Waals surface area contributed by atoms with Gasteiger partial charge in [0.15, 0.2) is 0 Å². The van der Waals surface area contributed by atoms with E-state index in [2.05, 4.69) is 20.6 Å². The fourth-order valence-electron chi connectivity index (χ4n) is 2.23. The van der Waals surface area contributed by atoms with Crippen molar-refractivity contribution in [1.29, 1.82) is 0 Å². The largest absolute Gasteiger partial charge is 0.350 e. The van der Waals surface area contributed by atoms with Gasteiger partial charge in [-0.25, -0.2) is 4.98 Å². The van der Waals surface area contributed by atoms with Crippen LogP contribution in [0.3, 0.4) is 0 Å². The summed E-state index contributed by atoms with van der Waals surface area (Å²) < 4.78 is 0. The minimum Gasteiger partial charge on any atom is -0.350 e. The lowest BCUT2D eigenvalue weighted by molar-refractivity contribution is -0.121. The normalized spacial score (nSPS) is 12.0. The van der Waals surface area contributed by atoms with Crippen LogP contribution < -0.4 is 10.6 Å². The number of benzene rings is 2. The molecule has 0 aliphatic heterocycles. The summed E-state index contributed by atoms with van der Waals surface area (Å²) in [5, 5.41) is 6.00. The number of anilines is 1. The van der Waals surface area contributed by atoms with E-state index in [-0.39, 0.29) is 11.9 Å². The van der Waals surface area contributed by atoms with Gasteiger partial charge in [0.25, 0.3) is 0 Å². The molecular weight excluding hydrogens is 276 g/mol. The Hall–Kier alpha value is -2.82. The lowest BCUT2D eigenvalue weighted by atomic mass is 10.2. The molecule has 0 saturated carbocycles. The predicted molar refractivity (Wildman–Crippen MR) is 87.5 cm³/mol. The van der Waals surface area contributed by atoms with Gasteiger partial charge in [-0.15, -0.1) is 0 Å². The Labute approximate surface area is 128 Å². The Balaban J connectivity index is 1.58. The van der Waals surface area contributed by atoms with E-state index in [0.29, 0.717) is 12.5 Å². The van der Waals surface area contributed by atoms with Gasteiger partial charge in [0.2, 0.25) is 11.9 Å². The highest BCUT2D eigenvalue weighted by atomic mass is 16.2. The quantitative estimate of drug-likeness (QED) is 0.677. The molecule has 3 rings (SSSR count). The zero-order valence-electron chi connectivity index (χ0n) is 12.3. The summed E-state index contributed by atoms with van der Waals surface area (Å²) in [6.45, 7) is 2.33. The summed E-state index contributed by atoms with van der Waals surface area (Å²) in [6.07, 6.45) is 0. The van der Waals surface area contributed by atoms with E-state index in [9.17, 15) is 4.79 Å². The summed E-state index contributed by atoms with van der Waals surface area (Å²) in [4.78, 5) is 19.7. The minimum absolute atomic E-state index is 0.0655. The summed E-state index contributed by atoms with van der Waals surface area (Å²) in [7, 11) is 0. The number of H-pyrrole nitrogens is 1. The fraction of sp³-hybridized carbons (Fsp3) is 0.176. The van der Waals surface area contributed by atoms with Crippen molar-refractivity contribution in [2.24, 2.45) is 0 Å². The Morgan fingerprint density at radius 2 is 1.86 bits per heavy atom. The van der Waals surface area contributed by atoms with Gasteiger partial charge in [-0.1, -0.05) is 42.5 Å². The van der Waals surface area contributed by atoms with Gasteiger partial charge in [0, 0.05) is 6.54 Å². The van der Waals surface area contributed by atoms with E-state index in [1.165, 1.54) is 0 Å². The minimum atomic E-state index is -0.371. The Kier molecular flexibility index (Phi) is 4.05. The molecule has 2 aromatic carbocycles. The second-order valence-corrected chi connectivity index (χ2v) is 5.17. The van der Waals surface area contributed by atoms with Crippen molar-refractivity contribution in [2.45, 2.75) is 19.5 Å². The zero-order valence-corrected chi connectivity index (χ0v) is 12.3. The number of amides is 1. The summed E-state index contributed by atoms with van der Waals surface area (Å²) in [6, 6.07) is 17.2. The van der Waals surface area contributed by atoms with Crippen molar-refractivity contribution in [3.8, 4) is 0 Å². The average Bonchev–Trinajstić information content (AvgIpc) is 2.95. The zero-order chi connectivity index (χ0) is 15.4. The highest BCUT2D eigenvalue weighted by molar-refractivity contribution is 5.84. The number of imidazole rings is 1. The first-order valence-corrected chi connectivity index (χ1v) is 7.25. The second-order valence-electron chi connectivity index (χ2n) is 5.17. The van der Waals surface area contributed by atoms with Crippen molar-refractivity contribution in [1.82, 2.24) is 15.3 Å². The third-order valence-corrected chi connectivity index (χ3v) is 3.45. The first kappa shape index (κ1) is 14.1. The van der Waals surface area contributed by atoms with Gasteiger partial charge in [0.05, 0.1) is 11.0 Å². The highest BCUT2D eigenvalue weighted by Gasteiger charge is 2.13. The summed E-state index contributed by atoms with van der Waals surface area (Å²) in [5.74, 6) is 0.535. The maximum Gasteiger partial charge on any atom is 0.242 e. The number of aromatic amines is 1. The summed E-state index contributed by atoms with van der Waals surface area (Å²) in [5.41, 5.74) is 2.90. The molecule has 0 spiro atoms. The molecule has 0 aliphatic carbocycles. The van der Waals surface area contributed by atoms with Crippen LogP contribution in [0.15, 0.2) is 54.6 Å². The predicted octanol–water partition coefficient (Wildman–Crippen LogP) is 2.68. The smallest absolute Gasteiger partial charge is 0.242 e. The molecular formula is C17H18N4O. The van der Waals surface area contributed by atoms with Crippen LogP contribution in [0.25, 0.3) is 11.0 Å². The molecule has 1 amide bonds. The number of hydrogen-bond acceptors (Lipinski definition) is 3. The number of nitrogens with one attached hydrogen (secondary N) is 3. The van der Waals surface area contributed by atoms with Crippen molar-refractivity contribution in [3.63, 3.8) is 0 Å². The number of carbonyl (C=O) groups is 1. The van der Waals surface area contributed by atoms with Crippen LogP contribution in [0.2, 0.25) is 0 Å². The summed E-state index contributed by atoms with van der Waals surface area (Å²) >= 11 is 0. The molecule has 1 aromatic heterocycles. The Morgan fingerprint density at radius 3 is 2.64 bits per heavy atom. The maximum atomic E-state index is 12.1. The molecule has 3 N–H and O–H groups in total. The van der Waals surface area contributed by atoms with Gasteiger partial charge in [0.1, 0.15) is 6.04 Å². The van der Waals surface area contributed by atoms with Crippen LogP contribution in [0.5, 0.6) is 0 Å². The number of para-hydroxylation sites is 2. The molecule has 1 atom stereocenters. The molecule has 22 heavy (non-hydrogen) atoms. The number of fused-ring (bicyclic) bond motifs is 1. The SMILES string of the molecule is CC(Nc1nc2ccccc2[nH]1)C(=O)NCc1ccccc1. The maximum absolute atomic E-state index is 12.1. The number of nitrogens with zero attached hydrogens (tertiary/aromatic N) is 1.